The summed E-state index contributed by atoms with van der Waals surface area (Å²) in [7, 11) is 2.09. The first-order valence-corrected chi connectivity index (χ1v) is 5.51. The van der Waals surface area contributed by atoms with Crippen LogP contribution in [0.15, 0.2) is 18.3 Å². The van der Waals surface area contributed by atoms with E-state index in [-0.39, 0.29) is 6.61 Å². The molecule has 15 heavy (non-hydrogen) atoms. The van der Waals surface area contributed by atoms with Crippen LogP contribution in [-0.2, 0) is 6.61 Å². The Bertz CT molecular complexity index is 297. The number of anilines is 1. The fourth-order valence-electron chi connectivity index (χ4n) is 1.82. The van der Waals surface area contributed by atoms with Crippen molar-refractivity contribution < 1.29 is 5.11 Å². The Morgan fingerprint density at radius 1 is 1.40 bits per heavy atom. The summed E-state index contributed by atoms with van der Waals surface area (Å²) in [6.45, 7) is 4.39. The zero-order chi connectivity index (χ0) is 11.3. The maximum Gasteiger partial charge on any atom is 0.0853 e. The van der Waals surface area contributed by atoms with Crippen LogP contribution in [0.2, 0.25) is 0 Å². The second kappa shape index (κ2) is 5.71. The molecule has 1 aromatic heterocycles. The molecular formula is C12H20N2O. The van der Waals surface area contributed by atoms with E-state index in [1.807, 2.05) is 12.1 Å². The van der Waals surface area contributed by atoms with Crippen LogP contribution in [0.1, 0.15) is 32.4 Å². The van der Waals surface area contributed by atoms with Gasteiger partial charge in [-0.15, -0.1) is 0 Å². The van der Waals surface area contributed by atoms with Gasteiger partial charge < -0.3 is 10.0 Å². The molecule has 0 saturated carbocycles. The van der Waals surface area contributed by atoms with Crippen molar-refractivity contribution in [2.45, 2.75) is 39.3 Å². The molecule has 1 aromatic rings. The topological polar surface area (TPSA) is 36.4 Å². The number of aliphatic hydroxyl groups excluding tert-OH is 1. The van der Waals surface area contributed by atoms with Gasteiger partial charge in [-0.25, -0.2) is 0 Å². The second-order valence-corrected chi connectivity index (χ2v) is 3.74. The highest BCUT2D eigenvalue weighted by molar-refractivity contribution is 5.46. The SMILES string of the molecule is CCC(CC)N(C)c1ccnc(CO)c1. The third kappa shape index (κ3) is 2.93. The minimum Gasteiger partial charge on any atom is -0.390 e. The quantitative estimate of drug-likeness (QED) is 0.806. The third-order valence-electron chi connectivity index (χ3n) is 2.86. The van der Waals surface area contributed by atoms with E-state index in [1.165, 1.54) is 0 Å². The predicted molar refractivity (Wildman–Crippen MR) is 62.9 cm³/mol. The number of hydrogen-bond donors (Lipinski definition) is 1. The molecule has 0 aliphatic rings. The van der Waals surface area contributed by atoms with Crippen molar-refractivity contribution in [3.05, 3.63) is 24.0 Å². The van der Waals surface area contributed by atoms with Crippen molar-refractivity contribution in [3.8, 4) is 0 Å². The van der Waals surface area contributed by atoms with Crippen LogP contribution in [0.4, 0.5) is 5.69 Å². The molecule has 3 nitrogen and oxygen atoms in total. The highest BCUT2D eigenvalue weighted by atomic mass is 16.3. The maximum absolute atomic E-state index is 9.02. The first-order valence-electron chi connectivity index (χ1n) is 5.51. The smallest absolute Gasteiger partial charge is 0.0853 e. The average molecular weight is 208 g/mol. The Kier molecular flexibility index (Phi) is 4.56. The molecule has 0 fully saturated rings. The van der Waals surface area contributed by atoms with Crippen LogP contribution in [0.5, 0.6) is 0 Å². The molecule has 0 unspecified atom stereocenters. The van der Waals surface area contributed by atoms with Gasteiger partial charge in [-0.3, -0.25) is 4.98 Å². The fourth-order valence-corrected chi connectivity index (χ4v) is 1.82. The lowest BCUT2D eigenvalue weighted by atomic mass is 10.1. The van der Waals surface area contributed by atoms with Gasteiger partial charge in [0.05, 0.1) is 12.3 Å². The lowest BCUT2D eigenvalue weighted by Crippen LogP contribution is -2.30. The van der Waals surface area contributed by atoms with Crippen LogP contribution < -0.4 is 4.90 Å². The summed E-state index contributed by atoms with van der Waals surface area (Å²) < 4.78 is 0. The van der Waals surface area contributed by atoms with Crippen molar-refractivity contribution >= 4 is 5.69 Å². The zero-order valence-corrected chi connectivity index (χ0v) is 9.77. The molecule has 0 spiro atoms. The van der Waals surface area contributed by atoms with Gasteiger partial charge in [0.1, 0.15) is 0 Å². The largest absolute Gasteiger partial charge is 0.390 e. The Labute approximate surface area is 91.8 Å². The number of hydrogen-bond acceptors (Lipinski definition) is 3. The monoisotopic (exact) mass is 208 g/mol. The molecule has 84 valence electrons. The summed E-state index contributed by atoms with van der Waals surface area (Å²) in [5.41, 5.74) is 1.85. The third-order valence-corrected chi connectivity index (χ3v) is 2.86. The van der Waals surface area contributed by atoms with Crippen molar-refractivity contribution in [3.63, 3.8) is 0 Å². The van der Waals surface area contributed by atoms with E-state index in [1.54, 1.807) is 6.20 Å². The fraction of sp³-hybridized carbons (Fsp3) is 0.583. The summed E-state index contributed by atoms with van der Waals surface area (Å²) in [4.78, 5) is 6.33. The van der Waals surface area contributed by atoms with Crippen LogP contribution in [0.3, 0.4) is 0 Å². The predicted octanol–water partition coefficient (Wildman–Crippen LogP) is 2.20. The summed E-state index contributed by atoms with van der Waals surface area (Å²) in [6.07, 6.45) is 4.01. The van der Waals surface area contributed by atoms with Gasteiger partial charge in [-0.05, 0) is 25.0 Å². The summed E-state index contributed by atoms with van der Waals surface area (Å²) >= 11 is 0. The number of aromatic nitrogens is 1. The lowest BCUT2D eigenvalue weighted by Gasteiger charge is -2.28. The van der Waals surface area contributed by atoms with Crippen molar-refractivity contribution in [1.29, 1.82) is 0 Å². The average Bonchev–Trinajstić information content (AvgIpc) is 2.30. The Hall–Kier alpha value is -1.09. The van der Waals surface area contributed by atoms with E-state index in [4.69, 9.17) is 5.11 Å². The highest BCUT2D eigenvalue weighted by Crippen LogP contribution is 2.18. The summed E-state index contributed by atoms with van der Waals surface area (Å²) in [5, 5.41) is 9.02. The van der Waals surface area contributed by atoms with Gasteiger partial charge in [-0.1, -0.05) is 13.8 Å². The molecule has 1 N–H and O–H groups in total. The van der Waals surface area contributed by atoms with Gasteiger partial charge in [0.15, 0.2) is 0 Å². The number of pyridine rings is 1. The van der Waals surface area contributed by atoms with Gasteiger partial charge in [0, 0.05) is 25.0 Å². The molecule has 0 radical (unpaired) electrons. The Morgan fingerprint density at radius 2 is 2.07 bits per heavy atom. The number of aliphatic hydroxyl groups is 1. The molecule has 0 aromatic carbocycles. The van der Waals surface area contributed by atoms with Crippen LogP contribution in [0.25, 0.3) is 0 Å². The number of rotatable bonds is 5. The number of nitrogens with zero attached hydrogens (tertiary/aromatic N) is 2. The molecule has 0 bridgehead atoms. The molecule has 1 heterocycles. The molecular weight excluding hydrogens is 188 g/mol. The molecule has 0 aliphatic heterocycles. The molecule has 3 heteroatoms. The summed E-state index contributed by atoms with van der Waals surface area (Å²) in [6, 6.07) is 4.48. The van der Waals surface area contributed by atoms with Crippen molar-refractivity contribution in [1.82, 2.24) is 4.98 Å². The highest BCUT2D eigenvalue weighted by Gasteiger charge is 2.11. The first-order chi connectivity index (χ1) is 7.22. The Balaban J connectivity index is 2.84. The second-order valence-electron chi connectivity index (χ2n) is 3.74. The van der Waals surface area contributed by atoms with Crippen LogP contribution in [-0.4, -0.2) is 23.2 Å². The van der Waals surface area contributed by atoms with Crippen LogP contribution >= 0.6 is 0 Å². The van der Waals surface area contributed by atoms with Crippen LogP contribution in [0, 0.1) is 0 Å². The van der Waals surface area contributed by atoms with E-state index in [9.17, 15) is 0 Å². The molecule has 0 aliphatic carbocycles. The maximum atomic E-state index is 9.02. The molecule has 0 amide bonds. The molecule has 0 saturated heterocycles. The lowest BCUT2D eigenvalue weighted by molar-refractivity contribution is 0.277. The normalized spacial score (nSPS) is 10.7. The van der Waals surface area contributed by atoms with E-state index >= 15 is 0 Å². The van der Waals surface area contributed by atoms with Gasteiger partial charge in [0.2, 0.25) is 0 Å². The van der Waals surface area contributed by atoms with E-state index in [2.05, 4.69) is 30.8 Å². The van der Waals surface area contributed by atoms with E-state index in [0.29, 0.717) is 6.04 Å². The van der Waals surface area contributed by atoms with Crippen molar-refractivity contribution in [2.75, 3.05) is 11.9 Å². The van der Waals surface area contributed by atoms with Crippen molar-refractivity contribution in [2.24, 2.45) is 0 Å². The minimum atomic E-state index is 0.00456. The van der Waals surface area contributed by atoms with E-state index < -0.39 is 0 Å². The summed E-state index contributed by atoms with van der Waals surface area (Å²) in [5.74, 6) is 0. The van der Waals surface area contributed by atoms with Gasteiger partial charge in [0.25, 0.3) is 0 Å². The Morgan fingerprint density at radius 3 is 2.60 bits per heavy atom. The first kappa shape index (κ1) is 12.0. The minimum absolute atomic E-state index is 0.00456. The van der Waals surface area contributed by atoms with Gasteiger partial charge >= 0.3 is 0 Å². The zero-order valence-electron chi connectivity index (χ0n) is 9.77. The molecule has 1 rings (SSSR count). The standard InChI is InChI=1S/C12H20N2O/c1-4-11(5-2)14(3)12-6-7-13-10(8-12)9-15/h6-8,11,15H,4-5,9H2,1-3H3. The van der Waals surface area contributed by atoms with E-state index in [0.717, 1.165) is 24.2 Å². The van der Waals surface area contributed by atoms with Gasteiger partial charge in [-0.2, -0.15) is 0 Å². The molecule has 0 atom stereocenters.